The summed E-state index contributed by atoms with van der Waals surface area (Å²) in [5.41, 5.74) is 1.94. The van der Waals surface area contributed by atoms with Crippen LogP contribution in [0.25, 0.3) is 0 Å². The molecule has 1 aromatic heterocycles. The molecule has 2 unspecified atom stereocenters. The molecule has 0 spiro atoms. The molecule has 0 saturated carbocycles. The summed E-state index contributed by atoms with van der Waals surface area (Å²) in [4.78, 5) is 11.2. The average Bonchev–Trinajstić information content (AvgIpc) is 2.31. The molecule has 4 nitrogen and oxygen atoms in total. The highest BCUT2D eigenvalue weighted by molar-refractivity contribution is 9.09. The molecular formula is C12H18BrN3O. The first kappa shape index (κ1) is 12.8. The summed E-state index contributed by atoms with van der Waals surface area (Å²) in [5.74, 6) is 0.992. The Balaban J connectivity index is 2.23. The van der Waals surface area contributed by atoms with Crippen LogP contribution in [-0.4, -0.2) is 40.6 Å². The van der Waals surface area contributed by atoms with Gasteiger partial charge in [0.05, 0.1) is 23.6 Å². The topological polar surface area (TPSA) is 38.2 Å². The molecule has 0 amide bonds. The summed E-state index contributed by atoms with van der Waals surface area (Å²) >= 11 is 3.48. The summed E-state index contributed by atoms with van der Waals surface area (Å²) in [6.45, 7) is 7.82. The van der Waals surface area contributed by atoms with Gasteiger partial charge in [-0.05, 0) is 20.8 Å². The van der Waals surface area contributed by atoms with Gasteiger partial charge in [0, 0.05) is 24.6 Å². The van der Waals surface area contributed by atoms with E-state index < -0.39 is 0 Å². The average molecular weight is 300 g/mol. The molecule has 1 saturated heterocycles. The maximum absolute atomic E-state index is 5.82. The van der Waals surface area contributed by atoms with Crippen LogP contribution in [0.2, 0.25) is 0 Å². The number of alkyl halides is 1. The number of morpholine rings is 1. The summed E-state index contributed by atoms with van der Waals surface area (Å²) < 4.78 is 5.82. The Morgan fingerprint density at radius 1 is 1.47 bits per heavy atom. The van der Waals surface area contributed by atoms with Gasteiger partial charge in [0.25, 0.3) is 0 Å². The molecular weight excluding hydrogens is 282 g/mol. The van der Waals surface area contributed by atoms with Gasteiger partial charge in [-0.25, -0.2) is 4.98 Å². The van der Waals surface area contributed by atoms with Crippen molar-refractivity contribution < 1.29 is 4.74 Å². The van der Waals surface area contributed by atoms with Gasteiger partial charge in [0.1, 0.15) is 0 Å². The van der Waals surface area contributed by atoms with Crippen molar-refractivity contribution in [3.63, 3.8) is 0 Å². The molecule has 0 N–H and O–H groups in total. The van der Waals surface area contributed by atoms with E-state index in [9.17, 15) is 0 Å². The van der Waals surface area contributed by atoms with Crippen molar-refractivity contribution >= 4 is 21.7 Å². The summed E-state index contributed by atoms with van der Waals surface area (Å²) in [7, 11) is 0. The molecule has 1 aromatic rings. The molecule has 1 fully saturated rings. The van der Waals surface area contributed by atoms with E-state index >= 15 is 0 Å². The zero-order valence-corrected chi connectivity index (χ0v) is 12.1. The van der Waals surface area contributed by atoms with E-state index in [0.717, 1.165) is 35.6 Å². The van der Waals surface area contributed by atoms with Crippen LogP contribution in [0.1, 0.15) is 18.3 Å². The molecule has 94 valence electrons. The Kier molecular flexibility index (Phi) is 3.99. The number of halogens is 1. The normalized spacial score (nSPS) is 25.1. The fraction of sp³-hybridized carbons (Fsp3) is 0.667. The van der Waals surface area contributed by atoms with Crippen LogP contribution in [0.4, 0.5) is 5.82 Å². The first-order valence-electron chi connectivity index (χ1n) is 5.86. The van der Waals surface area contributed by atoms with Gasteiger partial charge in [-0.1, -0.05) is 15.9 Å². The number of aromatic nitrogens is 2. The third kappa shape index (κ3) is 2.96. The van der Waals surface area contributed by atoms with Gasteiger partial charge in [-0.3, -0.25) is 4.98 Å². The van der Waals surface area contributed by atoms with E-state index in [0.29, 0.717) is 0 Å². The number of ether oxygens (including phenoxy) is 1. The Morgan fingerprint density at radius 2 is 2.24 bits per heavy atom. The molecule has 0 bridgehead atoms. The predicted molar refractivity (Wildman–Crippen MR) is 71.8 cm³/mol. The standard InChI is InChI=1S/C12H18BrN3O/c1-8-5-14-10(3)12(15-8)16-6-9(2)17-11(4-13)7-16/h5,9,11H,4,6-7H2,1-3H3. The number of hydrogen-bond acceptors (Lipinski definition) is 4. The lowest BCUT2D eigenvalue weighted by Crippen LogP contribution is -2.48. The summed E-state index contributed by atoms with van der Waals surface area (Å²) in [6, 6.07) is 0. The monoisotopic (exact) mass is 299 g/mol. The van der Waals surface area contributed by atoms with Crippen molar-refractivity contribution in [2.75, 3.05) is 23.3 Å². The maximum atomic E-state index is 5.82. The number of nitrogens with zero attached hydrogens (tertiary/aromatic N) is 3. The van der Waals surface area contributed by atoms with E-state index in [1.165, 1.54) is 0 Å². The van der Waals surface area contributed by atoms with Crippen LogP contribution in [0, 0.1) is 13.8 Å². The zero-order valence-electron chi connectivity index (χ0n) is 10.5. The van der Waals surface area contributed by atoms with E-state index in [2.05, 4.69) is 37.7 Å². The second-order valence-corrected chi connectivity index (χ2v) is 5.20. The highest BCUT2D eigenvalue weighted by Gasteiger charge is 2.26. The van der Waals surface area contributed by atoms with E-state index in [4.69, 9.17) is 4.74 Å². The Morgan fingerprint density at radius 3 is 2.94 bits per heavy atom. The molecule has 2 heterocycles. The van der Waals surface area contributed by atoms with E-state index in [1.54, 1.807) is 0 Å². The van der Waals surface area contributed by atoms with E-state index in [-0.39, 0.29) is 12.2 Å². The molecule has 0 aliphatic carbocycles. The highest BCUT2D eigenvalue weighted by Crippen LogP contribution is 2.21. The number of anilines is 1. The minimum absolute atomic E-state index is 0.223. The largest absolute Gasteiger partial charge is 0.371 e. The first-order valence-corrected chi connectivity index (χ1v) is 6.99. The molecule has 0 aromatic carbocycles. The van der Waals surface area contributed by atoms with Crippen LogP contribution in [0.15, 0.2) is 6.20 Å². The third-order valence-corrected chi connectivity index (χ3v) is 3.57. The zero-order chi connectivity index (χ0) is 12.4. The Hall–Kier alpha value is -0.680. The second-order valence-electron chi connectivity index (χ2n) is 4.55. The lowest BCUT2D eigenvalue weighted by atomic mass is 10.2. The van der Waals surface area contributed by atoms with Gasteiger partial charge < -0.3 is 9.64 Å². The number of aryl methyl sites for hydroxylation is 2. The summed E-state index contributed by atoms with van der Waals surface area (Å²) in [6.07, 6.45) is 2.26. The van der Waals surface area contributed by atoms with Crippen molar-refractivity contribution in [3.05, 3.63) is 17.6 Å². The van der Waals surface area contributed by atoms with Crippen molar-refractivity contribution in [2.45, 2.75) is 33.0 Å². The van der Waals surface area contributed by atoms with Gasteiger partial charge >= 0.3 is 0 Å². The summed E-state index contributed by atoms with van der Waals surface area (Å²) in [5, 5.41) is 0.853. The van der Waals surface area contributed by atoms with Gasteiger partial charge in [-0.2, -0.15) is 0 Å². The van der Waals surface area contributed by atoms with Crippen LogP contribution in [0.3, 0.4) is 0 Å². The second kappa shape index (κ2) is 5.31. The van der Waals surface area contributed by atoms with Crippen molar-refractivity contribution in [1.82, 2.24) is 9.97 Å². The lowest BCUT2D eigenvalue weighted by molar-refractivity contribution is -0.00229. The Bertz CT molecular complexity index is 399. The van der Waals surface area contributed by atoms with Crippen LogP contribution < -0.4 is 4.90 Å². The van der Waals surface area contributed by atoms with Gasteiger partial charge in [0.2, 0.25) is 0 Å². The molecule has 1 aliphatic heterocycles. The number of hydrogen-bond donors (Lipinski definition) is 0. The predicted octanol–water partition coefficient (Wildman–Crippen LogP) is 2.08. The highest BCUT2D eigenvalue weighted by atomic mass is 79.9. The van der Waals surface area contributed by atoms with Gasteiger partial charge in [0.15, 0.2) is 5.82 Å². The van der Waals surface area contributed by atoms with Crippen LogP contribution in [0.5, 0.6) is 0 Å². The molecule has 17 heavy (non-hydrogen) atoms. The third-order valence-electron chi connectivity index (χ3n) is 2.85. The molecule has 0 radical (unpaired) electrons. The van der Waals surface area contributed by atoms with Crippen molar-refractivity contribution in [2.24, 2.45) is 0 Å². The maximum Gasteiger partial charge on any atom is 0.150 e. The molecule has 5 heteroatoms. The minimum Gasteiger partial charge on any atom is -0.371 e. The SMILES string of the molecule is Cc1cnc(C)c(N2CC(C)OC(CBr)C2)n1. The van der Waals surface area contributed by atoms with Crippen LogP contribution >= 0.6 is 15.9 Å². The molecule has 1 aliphatic rings. The quantitative estimate of drug-likeness (QED) is 0.784. The van der Waals surface area contributed by atoms with Gasteiger partial charge in [-0.15, -0.1) is 0 Å². The Labute approximate surface area is 111 Å². The minimum atomic E-state index is 0.223. The van der Waals surface area contributed by atoms with E-state index in [1.807, 2.05) is 20.0 Å². The number of rotatable bonds is 2. The van der Waals surface area contributed by atoms with Crippen LogP contribution in [-0.2, 0) is 4.74 Å². The lowest BCUT2D eigenvalue weighted by Gasteiger charge is -2.37. The molecule has 2 rings (SSSR count). The van der Waals surface area contributed by atoms with Crippen molar-refractivity contribution in [3.8, 4) is 0 Å². The molecule has 2 atom stereocenters. The first-order chi connectivity index (χ1) is 8.10. The van der Waals surface area contributed by atoms with Crippen molar-refractivity contribution in [1.29, 1.82) is 0 Å². The fourth-order valence-corrected chi connectivity index (χ4v) is 2.49. The fourth-order valence-electron chi connectivity index (χ4n) is 2.13. The smallest absolute Gasteiger partial charge is 0.150 e.